The number of carbonyl (C=O) groups is 1. The van der Waals surface area contributed by atoms with Crippen LogP contribution in [0.3, 0.4) is 0 Å². The molecule has 1 aliphatic carbocycles. The molecule has 2 fully saturated rings. The maximum atomic E-state index is 13.8. The number of nitrogens with zero attached hydrogens (tertiary/aromatic N) is 3. The van der Waals surface area contributed by atoms with Crippen LogP contribution in [0, 0.1) is 11.7 Å². The van der Waals surface area contributed by atoms with E-state index >= 15 is 0 Å². The number of likely N-dealkylation sites (tertiary alicyclic amines) is 1. The molecule has 36 heavy (non-hydrogen) atoms. The summed E-state index contributed by atoms with van der Waals surface area (Å²) in [5.74, 6) is 1.04. The number of carbonyl (C=O) groups excluding carboxylic acids is 1. The Bertz CT molecular complexity index is 1310. The van der Waals surface area contributed by atoms with Crippen LogP contribution in [-0.4, -0.2) is 65.3 Å². The smallest absolute Gasteiger partial charge is 0.253 e. The summed E-state index contributed by atoms with van der Waals surface area (Å²) in [6.45, 7) is 3.23. The Labute approximate surface area is 211 Å². The van der Waals surface area contributed by atoms with Gasteiger partial charge in [-0.25, -0.2) is 4.39 Å². The van der Waals surface area contributed by atoms with Gasteiger partial charge >= 0.3 is 0 Å². The molecule has 1 amide bonds. The lowest BCUT2D eigenvalue weighted by molar-refractivity contribution is 0.0389. The highest BCUT2D eigenvalue weighted by Crippen LogP contribution is 2.51. The van der Waals surface area contributed by atoms with Crippen molar-refractivity contribution in [2.45, 2.75) is 37.1 Å². The van der Waals surface area contributed by atoms with Gasteiger partial charge in [-0.05, 0) is 67.5 Å². The lowest BCUT2D eigenvalue weighted by atomic mass is 9.68. The Morgan fingerprint density at radius 2 is 1.94 bits per heavy atom. The van der Waals surface area contributed by atoms with Gasteiger partial charge in [0.2, 0.25) is 0 Å². The summed E-state index contributed by atoms with van der Waals surface area (Å²) >= 11 is 0. The predicted molar refractivity (Wildman–Crippen MR) is 137 cm³/mol. The molecule has 3 aliphatic rings. The molecule has 6 nitrogen and oxygen atoms in total. The van der Waals surface area contributed by atoms with E-state index in [2.05, 4.69) is 28.6 Å². The fourth-order valence-corrected chi connectivity index (χ4v) is 6.64. The Morgan fingerprint density at radius 3 is 2.61 bits per heavy atom. The summed E-state index contributed by atoms with van der Waals surface area (Å²) in [6.07, 6.45) is 4.20. The Hall–Kier alpha value is -2.90. The zero-order chi connectivity index (χ0) is 25.0. The van der Waals surface area contributed by atoms with Crippen LogP contribution in [0.4, 0.5) is 4.39 Å². The molecule has 190 valence electrons. The van der Waals surface area contributed by atoms with Gasteiger partial charge in [0.1, 0.15) is 11.6 Å². The molecule has 2 aromatic carbocycles. The van der Waals surface area contributed by atoms with Crippen molar-refractivity contribution in [3.63, 3.8) is 0 Å². The minimum absolute atomic E-state index is 0.0402. The molecule has 1 spiro atoms. The van der Waals surface area contributed by atoms with E-state index in [-0.39, 0.29) is 29.8 Å². The standard InChI is InChI=1S/C29H34FN3O3/c1-31-24-15-22(36-2)8-9-23(24)26-27(31)25(17-34)33(16-19-6-7-19)18-29(26)10-12-32(13-11-29)28(35)20-4-3-5-21(30)14-20/h3-5,8-9,14-15,19,25,34H,6-7,10-13,16-18H2,1-2H3/t25-/m0/s1. The van der Waals surface area contributed by atoms with Crippen molar-refractivity contribution >= 4 is 16.8 Å². The molecule has 3 heterocycles. The molecule has 1 aromatic heterocycles. The van der Waals surface area contributed by atoms with E-state index in [4.69, 9.17) is 4.74 Å². The minimum atomic E-state index is -0.386. The second kappa shape index (κ2) is 8.89. The molecule has 1 saturated heterocycles. The number of aliphatic hydroxyl groups excluding tert-OH is 1. The van der Waals surface area contributed by atoms with Gasteiger partial charge in [-0.15, -0.1) is 0 Å². The molecule has 1 atom stereocenters. The Balaban J connectivity index is 1.40. The largest absolute Gasteiger partial charge is 0.497 e. The molecular formula is C29H34FN3O3. The van der Waals surface area contributed by atoms with E-state index in [1.807, 2.05) is 11.0 Å². The van der Waals surface area contributed by atoms with Crippen LogP contribution >= 0.6 is 0 Å². The lowest BCUT2D eigenvalue weighted by Crippen LogP contribution is -2.55. The number of hydrogen-bond acceptors (Lipinski definition) is 4. The Kier molecular flexibility index (Phi) is 5.80. The molecular weight excluding hydrogens is 457 g/mol. The first-order valence-electron chi connectivity index (χ1n) is 13.0. The number of hydrogen-bond donors (Lipinski definition) is 1. The first kappa shape index (κ1) is 23.5. The number of methoxy groups -OCH3 is 1. The van der Waals surface area contributed by atoms with Crippen LogP contribution in [0.1, 0.15) is 53.3 Å². The number of amides is 1. The number of benzene rings is 2. The van der Waals surface area contributed by atoms with E-state index in [0.29, 0.717) is 24.6 Å². The lowest BCUT2D eigenvalue weighted by Gasteiger charge is -2.50. The summed E-state index contributed by atoms with van der Waals surface area (Å²) in [7, 11) is 3.78. The summed E-state index contributed by atoms with van der Waals surface area (Å²) in [5.41, 5.74) is 3.93. The maximum Gasteiger partial charge on any atom is 0.253 e. The van der Waals surface area contributed by atoms with Gasteiger partial charge in [-0.1, -0.05) is 6.07 Å². The predicted octanol–water partition coefficient (Wildman–Crippen LogP) is 4.26. The molecule has 2 aliphatic heterocycles. The van der Waals surface area contributed by atoms with Crippen molar-refractivity contribution in [2.75, 3.05) is 39.9 Å². The fraction of sp³-hybridized carbons (Fsp3) is 0.483. The van der Waals surface area contributed by atoms with Crippen molar-refractivity contribution in [3.8, 4) is 5.75 Å². The number of aryl methyl sites for hydroxylation is 1. The molecule has 0 radical (unpaired) electrons. The first-order valence-corrected chi connectivity index (χ1v) is 13.0. The maximum absolute atomic E-state index is 13.8. The highest BCUT2D eigenvalue weighted by Gasteiger charge is 2.49. The summed E-state index contributed by atoms with van der Waals surface area (Å²) in [6, 6.07) is 12.2. The summed E-state index contributed by atoms with van der Waals surface area (Å²) in [5, 5.41) is 11.8. The Morgan fingerprint density at radius 1 is 1.17 bits per heavy atom. The van der Waals surface area contributed by atoms with Crippen LogP contribution in [0.5, 0.6) is 5.75 Å². The second-order valence-corrected chi connectivity index (χ2v) is 10.9. The average Bonchev–Trinajstić information content (AvgIpc) is 3.66. The van der Waals surface area contributed by atoms with Crippen LogP contribution in [0.15, 0.2) is 42.5 Å². The fourth-order valence-electron chi connectivity index (χ4n) is 6.64. The van der Waals surface area contributed by atoms with Gasteiger partial charge in [0.05, 0.1) is 25.3 Å². The second-order valence-electron chi connectivity index (χ2n) is 10.9. The van der Waals surface area contributed by atoms with E-state index in [9.17, 15) is 14.3 Å². The molecule has 1 saturated carbocycles. The summed E-state index contributed by atoms with van der Waals surface area (Å²) in [4.78, 5) is 17.5. The van der Waals surface area contributed by atoms with Crippen molar-refractivity contribution in [1.82, 2.24) is 14.4 Å². The highest BCUT2D eigenvalue weighted by atomic mass is 19.1. The van der Waals surface area contributed by atoms with Crippen LogP contribution in [0.25, 0.3) is 10.9 Å². The first-order chi connectivity index (χ1) is 17.4. The van der Waals surface area contributed by atoms with Crippen molar-refractivity contribution < 1.29 is 19.0 Å². The van der Waals surface area contributed by atoms with E-state index < -0.39 is 0 Å². The van der Waals surface area contributed by atoms with E-state index in [1.54, 1.807) is 19.2 Å². The van der Waals surface area contributed by atoms with Crippen LogP contribution < -0.4 is 4.74 Å². The zero-order valence-electron chi connectivity index (χ0n) is 21.0. The molecule has 1 N–H and O–H groups in total. The van der Waals surface area contributed by atoms with Crippen molar-refractivity contribution in [1.29, 1.82) is 0 Å². The molecule has 3 aromatic rings. The number of piperidine rings is 1. The van der Waals surface area contributed by atoms with Gasteiger partial charge < -0.3 is 19.3 Å². The van der Waals surface area contributed by atoms with Crippen molar-refractivity contribution in [2.24, 2.45) is 13.0 Å². The van der Waals surface area contributed by atoms with Gasteiger partial charge in [0, 0.05) is 61.4 Å². The number of aromatic nitrogens is 1. The van der Waals surface area contributed by atoms with Gasteiger partial charge in [0.25, 0.3) is 5.91 Å². The normalized spacial score (nSPS) is 21.7. The average molecular weight is 492 g/mol. The van der Waals surface area contributed by atoms with Crippen LogP contribution in [-0.2, 0) is 12.5 Å². The van der Waals surface area contributed by atoms with Gasteiger partial charge in [-0.2, -0.15) is 0 Å². The van der Waals surface area contributed by atoms with E-state index in [1.165, 1.54) is 41.6 Å². The molecule has 0 unspecified atom stereocenters. The highest BCUT2D eigenvalue weighted by molar-refractivity contribution is 5.94. The number of rotatable bonds is 5. The zero-order valence-corrected chi connectivity index (χ0v) is 21.0. The minimum Gasteiger partial charge on any atom is -0.497 e. The number of halogens is 1. The quantitative estimate of drug-likeness (QED) is 0.580. The van der Waals surface area contributed by atoms with Crippen molar-refractivity contribution in [3.05, 3.63) is 65.1 Å². The number of aliphatic hydroxyl groups is 1. The third-order valence-electron chi connectivity index (χ3n) is 8.69. The SMILES string of the molecule is COc1ccc2c3c(n(C)c2c1)[C@H](CO)N(CC1CC1)CC31CCN(C(=O)c2cccc(F)c2)CC1. The van der Waals surface area contributed by atoms with Gasteiger partial charge in [-0.3, -0.25) is 9.69 Å². The van der Waals surface area contributed by atoms with Crippen LogP contribution in [0.2, 0.25) is 0 Å². The number of ether oxygens (including phenoxy) is 1. The molecule has 7 heteroatoms. The topological polar surface area (TPSA) is 57.9 Å². The summed E-state index contributed by atoms with van der Waals surface area (Å²) < 4.78 is 21.5. The number of fused-ring (bicyclic) bond motifs is 4. The van der Waals surface area contributed by atoms with Gasteiger partial charge in [0.15, 0.2) is 0 Å². The van der Waals surface area contributed by atoms with E-state index in [0.717, 1.165) is 37.2 Å². The third kappa shape index (κ3) is 3.80. The molecule has 0 bridgehead atoms. The third-order valence-corrected chi connectivity index (χ3v) is 8.69. The molecule has 6 rings (SSSR count). The monoisotopic (exact) mass is 491 g/mol.